The van der Waals surface area contributed by atoms with Crippen molar-refractivity contribution in [3.8, 4) is 0 Å². The van der Waals surface area contributed by atoms with Crippen molar-refractivity contribution >= 4 is 11.8 Å². The van der Waals surface area contributed by atoms with Gasteiger partial charge in [-0.25, -0.2) is 0 Å². The minimum Gasteiger partial charge on any atom is -0.462 e. The molecule has 2 heterocycles. The molecule has 0 bridgehead atoms. The average Bonchev–Trinajstić information content (AvgIpc) is 2.92. The minimum atomic E-state index is -2.31. The molecule has 2 aliphatic rings. The number of hydrogen-bond donors (Lipinski definition) is 7. The molecule has 0 radical (unpaired) electrons. The Hall–Kier alpha value is -1.26. The largest absolute Gasteiger partial charge is 0.462 e. The summed E-state index contributed by atoms with van der Waals surface area (Å²) < 4.78 is 20.6. The second-order valence-electron chi connectivity index (χ2n) is 6.94. The molecular formula is C16H26O13. The van der Waals surface area contributed by atoms with Gasteiger partial charge in [0.05, 0.1) is 6.61 Å². The Labute approximate surface area is 165 Å². The minimum absolute atomic E-state index is 0.453. The summed E-state index contributed by atoms with van der Waals surface area (Å²) in [6, 6.07) is 0. The second-order valence-corrected chi connectivity index (χ2v) is 6.94. The van der Waals surface area contributed by atoms with Gasteiger partial charge in [-0.2, -0.15) is 0 Å². The van der Waals surface area contributed by atoms with E-state index in [0.29, 0.717) is 0 Å². The van der Waals surface area contributed by atoms with Crippen molar-refractivity contribution in [2.45, 2.75) is 68.1 Å². The van der Waals surface area contributed by atoms with E-state index in [9.17, 15) is 45.3 Å². The summed E-state index contributed by atoms with van der Waals surface area (Å²) in [4.78, 5) is 22.4. The first-order valence-corrected chi connectivity index (χ1v) is 8.84. The van der Waals surface area contributed by atoms with Crippen molar-refractivity contribution < 1.29 is 64.3 Å². The van der Waals surface area contributed by atoms with Gasteiger partial charge in [0.25, 0.3) is 0 Å². The highest BCUT2D eigenvalue weighted by molar-refractivity contribution is 5.94. The van der Waals surface area contributed by atoms with Crippen LogP contribution in [0.5, 0.6) is 0 Å². The predicted octanol–water partition coefficient (Wildman–Crippen LogP) is -4.87. The van der Waals surface area contributed by atoms with E-state index >= 15 is 0 Å². The monoisotopic (exact) mass is 426 g/mol. The average molecular weight is 426 g/mol. The van der Waals surface area contributed by atoms with Gasteiger partial charge >= 0.3 is 5.97 Å². The van der Waals surface area contributed by atoms with Gasteiger partial charge in [0, 0.05) is 0 Å². The molecule has 2 aliphatic heterocycles. The molecule has 168 valence electrons. The van der Waals surface area contributed by atoms with E-state index in [2.05, 4.69) is 0 Å². The van der Waals surface area contributed by atoms with Crippen molar-refractivity contribution in [1.29, 1.82) is 0 Å². The molecule has 0 aromatic rings. The lowest BCUT2D eigenvalue weighted by atomic mass is 9.99. The molecule has 2 rings (SSSR count). The molecule has 0 unspecified atom stereocenters. The number of hydrogen-bond acceptors (Lipinski definition) is 13. The van der Waals surface area contributed by atoms with Crippen molar-refractivity contribution in [2.24, 2.45) is 0 Å². The predicted molar refractivity (Wildman–Crippen MR) is 87.8 cm³/mol. The Kier molecular flexibility index (Phi) is 8.03. The number of ketones is 1. The summed E-state index contributed by atoms with van der Waals surface area (Å²) in [5, 5.41) is 69.0. The number of esters is 1. The first kappa shape index (κ1) is 24.0. The Bertz CT molecular complexity index is 585. The molecule has 2 saturated heterocycles. The van der Waals surface area contributed by atoms with E-state index in [1.807, 2.05) is 0 Å². The number of ether oxygens (including phenoxy) is 4. The first-order valence-electron chi connectivity index (χ1n) is 8.84. The van der Waals surface area contributed by atoms with Gasteiger partial charge in [-0.05, 0) is 6.92 Å². The van der Waals surface area contributed by atoms with E-state index < -0.39 is 92.8 Å². The number of aliphatic hydroxyl groups is 7. The lowest BCUT2D eigenvalue weighted by molar-refractivity contribution is -0.383. The Morgan fingerprint density at radius 1 is 0.966 bits per heavy atom. The van der Waals surface area contributed by atoms with Gasteiger partial charge in [-0.1, -0.05) is 0 Å². The van der Waals surface area contributed by atoms with Crippen LogP contribution in [0.4, 0.5) is 0 Å². The normalized spacial score (nSPS) is 42.6. The number of aliphatic hydroxyl groups excluding tert-OH is 7. The number of carbonyl (C=O) groups excluding carboxylic acids is 2. The molecule has 29 heavy (non-hydrogen) atoms. The van der Waals surface area contributed by atoms with Gasteiger partial charge < -0.3 is 54.7 Å². The fraction of sp³-hybridized carbons (Fsp3) is 0.875. The van der Waals surface area contributed by atoms with Gasteiger partial charge in [-0.15, -0.1) is 0 Å². The third kappa shape index (κ3) is 5.08. The smallest absolute Gasteiger partial charge is 0.313 e. The number of carbonyl (C=O) groups is 2. The lowest BCUT2D eigenvalue weighted by Crippen LogP contribution is -2.62. The maximum Gasteiger partial charge on any atom is 0.313 e. The molecule has 13 heteroatoms. The standard InChI is InChI=1S/C16H26O13/c1-6(19)2-9(20)26-4-8-10(21)12(23)13(24)15(27-8)29-16(5-18)14(25)11(22)7(3-17)28-16/h7-8,10-15,17-18,21-25H,2-5H2,1H3/t7-,8-,10-,11-,12+,13-,14+,15-,16+/m1/s1. The third-order valence-electron chi connectivity index (χ3n) is 4.69. The van der Waals surface area contributed by atoms with Crippen molar-refractivity contribution in [3.63, 3.8) is 0 Å². The Morgan fingerprint density at radius 2 is 1.62 bits per heavy atom. The molecule has 7 N–H and O–H groups in total. The van der Waals surface area contributed by atoms with Crippen LogP contribution in [0.15, 0.2) is 0 Å². The van der Waals surface area contributed by atoms with E-state index in [4.69, 9.17) is 18.9 Å². The lowest BCUT2D eigenvalue weighted by Gasteiger charge is -2.43. The SMILES string of the molecule is CC(=O)CC(=O)OC[C@H]1O[C@H](O[C@]2(CO)O[C@H](CO)[C@@H](O)[C@@H]2O)[C@H](O)[C@@H](O)[C@@H]1O. The molecule has 0 aromatic carbocycles. The molecule has 9 atom stereocenters. The van der Waals surface area contributed by atoms with Crippen molar-refractivity contribution in [3.05, 3.63) is 0 Å². The van der Waals surface area contributed by atoms with Gasteiger partial charge in [-0.3, -0.25) is 9.59 Å². The molecular weight excluding hydrogens is 400 g/mol. The first-order chi connectivity index (χ1) is 13.6. The van der Waals surface area contributed by atoms with Crippen LogP contribution in [0.25, 0.3) is 0 Å². The summed E-state index contributed by atoms with van der Waals surface area (Å²) in [6.07, 6.45) is -13.9. The van der Waals surface area contributed by atoms with Crippen LogP contribution in [-0.4, -0.2) is 122 Å². The highest BCUT2D eigenvalue weighted by atomic mass is 16.8. The number of Topliss-reactive ketones (excluding diaryl/α,β-unsaturated/α-hetero) is 1. The zero-order valence-electron chi connectivity index (χ0n) is 15.5. The molecule has 0 aromatic heterocycles. The Balaban J connectivity index is 2.10. The fourth-order valence-electron chi connectivity index (χ4n) is 3.05. The molecule has 0 amide bonds. The van der Waals surface area contributed by atoms with Crippen LogP contribution in [0.1, 0.15) is 13.3 Å². The molecule has 0 spiro atoms. The van der Waals surface area contributed by atoms with Crippen LogP contribution in [0.3, 0.4) is 0 Å². The molecule has 13 nitrogen and oxygen atoms in total. The second kappa shape index (κ2) is 9.70. The van der Waals surface area contributed by atoms with Gasteiger partial charge in [0.2, 0.25) is 5.79 Å². The summed E-state index contributed by atoms with van der Waals surface area (Å²) in [7, 11) is 0. The zero-order valence-corrected chi connectivity index (χ0v) is 15.5. The summed E-state index contributed by atoms with van der Waals surface area (Å²) in [5.41, 5.74) is 0. The maximum absolute atomic E-state index is 11.5. The Morgan fingerprint density at radius 3 is 2.14 bits per heavy atom. The van der Waals surface area contributed by atoms with Crippen molar-refractivity contribution in [2.75, 3.05) is 19.8 Å². The summed E-state index contributed by atoms with van der Waals surface area (Å²) in [6.45, 7) is -1.17. The quantitative estimate of drug-likeness (QED) is 0.143. The van der Waals surface area contributed by atoms with E-state index in [1.54, 1.807) is 0 Å². The van der Waals surface area contributed by atoms with E-state index in [1.165, 1.54) is 6.92 Å². The van der Waals surface area contributed by atoms with Crippen LogP contribution in [0, 0.1) is 0 Å². The maximum atomic E-state index is 11.5. The van der Waals surface area contributed by atoms with E-state index in [-0.39, 0.29) is 0 Å². The van der Waals surface area contributed by atoms with Gasteiger partial charge in [0.15, 0.2) is 6.29 Å². The fourth-order valence-corrected chi connectivity index (χ4v) is 3.05. The molecule has 0 aliphatic carbocycles. The summed E-state index contributed by atoms with van der Waals surface area (Å²) >= 11 is 0. The summed E-state index contributed by atoms with van der Waals surface area (Å²) in [5.74, 6) is -3.66. The van der Waals surface area contributed by atoms with Crippen molar-refractivity contribution in [1.82, 2.24) is 0 Å². The highest BCUT2D eigenvalue weighted by Crippen LogP contribution is 2.36. The third-order valence-corrected chi connectivity index (χ3v) is 4.69. The van der Waals surface area contributed by atoms with E-state index in [0.717, 1.165) is 0 Å². The van der Waals surface area contributed by atoms with Crippen LogP contribution in [0.2, 0.25) is 0 Å². The topological polar surface area (TPSA) is 213 Å². The number of rotatable bonds is 8. The van der Waals surface area contributed by atoms with Crippen LogP contribution in [-0.2, 0) is 28.5 Å². The highest BCUT2D eigenvalue weighted by Gasteiger charge is 2.58. The zero-order chi connectivity index (χ0) is 21.9. The van der Waals surface area contributed by atoms with Gasteiger partial charge in [0.1, 0.15) is 68.1 Å². The molecule has 2 fully saturated rings. The van der Waals surface area contributed by atoms with Crippen LogP contribution >= 0.6 is 0 Å². The van der Waals surface area contributed by atoms with Crippen LogP contribution < -0.4 is 0 Å². The molecule has 0 saturated carbocycles.